The molecule has 2 aromatic heterocycles. The number of hydrogen-bond donors (Lipinski definition) is 1. The summed E-state index contributed by atoms with van der Waals surface area (Å²) in [5.41, 5.74) is 1.19. The number of para-hydroxylation sites is 1. The van der Waals surface area contributed by atoms with Gasteiger partial charge in [-0.05, 0) is 24.3 Å². The fourth-order valence-corrected chi connectivity index (χ4v) is 2.45. The van der Waals surface area contributed by atoms with E-state index in [1.807, 2.05) is 25.1 Å². The number of hydrogen-bond acceptors (Lipinski definition) is 4. The molecule has 1 aromatic carbocycles. The number of anilines is 1. The molecule has 6 nitrogen and oxygen atoms in total. The molecule has 0 aliphatic carbocycles. The first-order chi connectivity index (χ1) is 11.6. The van der Waals surface area contributed by atoms with E-state index in [-0.39, 0.29) is 5.82 Å². The van der Waals surface area contributed by atoms with Crippen LogP contribution in [0.3, 0.4) is 0 Å². The Morgan fingerprint density at radius 2 is 2.00 bits per heavy atom. The van der Waals surface area contributed by atoms with Crippen LogP contribution in [0.5, 0.6) is 0 Å². The molecule has 0 atom stereocenters. The summed E-state index contributed by atoms with van der Waals surface area (Å²) in [4.78, 5) is 20.6. The fraction of sp³-hybridized carbons (Fsp3) is 0.125. The highest BCUT2D eigenvalue weighted by molar-refractivity contribution is 6.32. The third kappa shape index (κ3) is 3.39. The number of aromatic nitrogens is 4. The van der Waals surface area contributed by atoms with Crippen molar-refractivity contribution in [1.29, 1.82) is 0 Å². The number of benzene rings is 1. The maximum atomic E-state index is 12.4. The summed E-state index contributed by atoms with van der Waals surface area (Å²) in [5, 5.41) is 7.86. The van der Waals surface area contributed by atoms with Crippen LogP contribution in [0.2, 0.25) is 10.2 Å². The van der Waals surface area contributed by atoms with Crippen LogP contribution in [0.25, 0.3) is 5.69 Å². The van der Waals surface area contributed by atoms with Gasteiger partial charge in [0.25, 0.3) is 5.91 Å². The smallest absolute Gasteiger partial charge is 0.295 e. The molecule has 1 N–H and O–H groups in total. The molecule has 0 unspecified atom stereocenters. The molecule has 0 aliphatic heterocycles. The van der Waals surface area contributed by atoms with E-state index in [1.54, 1.807) is 22.9 Å². The number of pyridine rings is 1. The molecule has 24 heavy (non-hydrogen) atoms. The van der Waals surface area contributed by atoms with Crippen molar-refractivity contribution in [2.24, 2.45) is 0 Å². The van der Waals surface area contributed by atoms with E-state index in [9.17, 15) is 4.79 Å². The van der Waals surface area contributed by atoms with E-state index in [0.717, 1.165) is 0 Å². The van der Waals surface area contributed by atoms with Crippen molar-refractivity contribution in [2.75, 3.05) is 5.32 Å². The number of carbonyl (C=O) groups excluding carboxylic acids is 1. The van der Waals surface area contributed by atoms with Gasteiger partial charge in [-0.15, -0.1) is 5.10 Å². The Balaban J connectivity index is 1.90. The molecular formula is C16H13Cl2N5O. The van der Waals surface area contributed by atoms with Crippen LogP contribution in [-0.4, -0.2) is 25.7 Å². The van der Waals surface area contributed by atoms with E-state index in [0.29, 0.717) is 33.8 Å². The third-order valence-electron chi connectivity index (χ3n) is 3.26. The molecule has 0 saturated heterocycles. The maximum absolute atomic E-state index is 12.4. The lowest BCUT2D eigenvalue weighted by atomic mass is 10.3. The SMILES string of the molecule is CCc1nc(C(=O)Nc2ccc(Cl)nc2)nn1-c1ccccc1Cl. The van der Waals surface area contributed by atoms with Gasteiger partial charge in [-0.2, -0.15) is 0 Å². The first kappa shape index (κ1) is 16.4. The summed E-state index contributed by atoms with van der Waals surface area (Å²) in [7, 11) is 0. The average molecular weight is 362 g/mol. The normalized spacial score (nSPS) is 10.6. The first-order valence-electron chi connectivity index (χ1n) is 7.22. The van der Waals surface area contributed by atoms with Gasteiger partial charge in [-0.1, -0.05) is 42.3 Å². The number of nitrogens with zero attached hydrogens (tertiary/aromatic N) is 4. The van der Waals surface area contributed by atoms with Crippen molar-refractivity contribution in [2.45, 2.75) is 13.3 Å². The predicted molar refractivity (Wildman–Crippen MR) is 92.9 cm³/mol. The number of rotatable bonds is 4. The van der Waals surface area contributed by atoms with Crippen LogP contribution in [-0.2, 0) is 6.42 Å². The molecule has 0 radical (unpaired) electrons. The molecule has 1 amide bonds. The Bertz CT molecular complexity index is 876. The van der Waals surface area contributed by atoms with E-state index in [4.69, 9.17) is 23.2 Å². The van der Waals surface area contributed by atoms with Crippen LogP contribution in [0, 0.1) is 0 Å². The summed E-state index contributed by atoms with van der Waals surface area (Å²) in [6.07, 6.45) is 2.07. The summed E-state index contributed by atoms with van der Waals surface area (Å²) in [6.45, 7) is 1.93. The Labute approximate surface area is 148 Å². The topological polar surface area (TPSA) is 72.7 Å². The summed E-state index contributed by atoms with van der Waals surface area (Å²) < 4.78 is 1.58. The Kier molecular flexibility index (Phi) is 4.78. The van der Waals surface area contributed by atoms with E-state index in [1.165, 1.54) is 6.20 Å². The number of amides is 1. The van der Waals surface area contributed by atoms with Gasteiger partial charge in [-0.25, -0.2) is 14.6 Å². The van der Waals surface area contributed by atoms with Crippen molar-refractivity contribution >= 4 is 34.8 Å². The molecule has 0 saturated carbocycles. The zero-order valence-corrected chi connectivity index (χ0v) is 14.2. The number of nitrogens with one attached hydrogen (secondary N) is 1. The standard InChI is InChI=1S/C16H13Cl2N5O/c1-2-14-21-15(16(24)20-10-7-8-13(18)19-9-10)22-23(14)12-6-4-3-5-11(12)17/h3-9H,2H2,1H3,(H,20,24). The number of aryl methyl sites for hydroxylation is 1. The Morgan fingerprint density at radius 3 is 2.67 bits per heavy atom. The van der Waals surface area contributed by atoms with Gasteiger partial charge in [0.05, 0.1) is 22.6 Å². The number of halogens is 2. The molecule has 0 fully saturated rings. The Morgan fingerprint density at radius 1 is 1.21 bits per heavy atom. The van der Waals surface area contributed by atoms with Crippen LogP contribution >= 0.6 is 23.2 Å². The van der Waals surface area contributed by atoms with Crippen LogP contribution in [0.15, 0.2) is 42.6 Å². The molecule has 2 heterocycles. The van der Waals surface area contributed by atoms with Gasteiger partial charge in [-0.3, -0.25) is 4.79 Å². The van der Waals surface area contributed by atoms with Crippen molar-refractivity contribution in [1.82, 2.24) is 19.7 Å². The molecule has 8 heteroatoms. The van der Waals surface area contributed by atoms with Gasteiger partial charge in [0.1, 0.15) is 11.0 Å². The minimum Gasteiger partial charge on any atom is -0.318 e. The van der Waals surface area contributed by atoms with Gasteiger partial charge in [0.15, 0.2) is 0 Å². The van der Waals surface area contributed by atoms with Crippen molar-refractivity contribution in [3.63, 3.8) is 0 Å². The predicted octanol–water partition coefficient (Wildman–Crippen LogP) is 3.78. The summed E-state index contributed by atoms with van der Waals surface area (Å²) in [6, 6.07) is 10.5. The largest absolute Gasteiger partial charge is 0.318 e. The van der Waals surface area contributed by atoms with E-state index < -0.39 is 5.91 Å². The van der Waals surface area contributed by atoms with Crippen LogP contribution < -0.4 is 5.32 Å². The summed E-state index contributed by atoms with van der Waals surface area (Å²) in [5.74, 6) is 0.267. The molecule has 0 spiro atoms. The lowest BCUT2D eigenvalue weighted by Gasteiger charge is -2.05. The minimum atomic E-state index is -0.431. The molecule has 3 aromatic rings. The lowest BCUT2D eigenvalue weighted by Crippen LogP contribution is -2.14. The second-order valence-corrected chi connectivity index (χ2v) is 5.69. The highest BCUT2D eigenvalue weighted by Crippen LogP contribution is 2.21. The van der Waals surface area contributed by atoms with Gasteiger partial charge in [0, 0.05) is 6.42 Å². The average Bonchev–Trinajstić information content (AvgIpc) is 3.01. The minimum absolute atomic E-state index is 0.0571. The van der Waals surface area contributed by atoms with Crippen LogP contribution in [0.4, 0.5) is 5.69 Å². The highest BCUT2D eigenvalue weighted by Gasteiger charge is 2.18. The second kappa shape index (κ2) is 6.98. The molecule has 0 bridgehead atoms. The quantitative estimate of drug-likeness (QED) is 0.717. The van der Waals surface area contributed by atoms with E-state index >= 15 is 0 Å². The zero-order chi connectivity index (χ0) is 17.1. The molecular weight excluding hydrogens is 349 g/mol. The van der Waals surface area contributed by atoms with Crippen molar-refractivity contribution < 1.29 is 4.79 Å². The van der Waals surface area contributed by atoms with Gasteiger partial charge < -0.3 is 5.32 Å². The maximum Gasteiger partial charge on any atom is 0.295 e. The molecule has 0 aliphatic rings. The Hall–Kier alpha value is -2.44. The lowest BCUT2D eigenvalue weighted by molar-refractivity contribution is 0.101. The molecule has 3 rings (SSSR count). The van der Waals surface area contributed by atoms with Crippen LogP contribution in [0.1, 0.15) is 23.4 Å². The van der Waals surface area contributed by atoms with Gasteiger partial charge in [0.2, 0.25) is 5.82 Å². The van der Waals surface area contributed by atoms with Gasteiger partial charge >= 0.3 is 0 Å². The zero-order valence-electron chi connectivity index (χ0n) is 12.7. The number of carbonyl (C=O) groups is 1. The summed E-state index contributed by atoms with van der Waals surface area (Å²) >= 11 is 11.9. The van der Waals surface area contributed by atoms with Crippen molar-refractivity contribution in [3.8, 4) is 5.69 Å². The second-order valence-electron chi connectivity index (χ2n) is 4.89. The monoisotopic (exact) mass is 361 g/mol. The molecule has 122 valence electrons. The fourth-order valence-electron chi connectivity index (χ4n) is 2.12. The third-order valence-corrected chi connectivity index (χ3v) is 3.80. The highest BCUT2D eigenvalue weighted by atomic mass is 35.5. The van der Waals surface area contributed by atoms with E-state index in [2.05, 4.69) is 20.4 Å². The van der Waals surface area contributed by atoms with Crippen molar-refractivity contribution in [3.05, 3.63) is 64.4 Å². The first-order valence-corrected chi connectivity index (χ1v) is 7.98.